The lowest BCUT2D eigenvalue weighted by molar-refractivity contribution is 0.0674. The fourth-order valence-corrected chi connectivity index (χ4v) is 1.44. The molecule has 18 heavy (non-hydrogen) atoms. The third kappa shape index (κ3) is 2.11. The Hall–Kier alpha value is -2.55. The Labute approximate surface area is 105 Å². The molecule has 2 heterocycles. The highest BCUT2D eigenvalue weighted by Gasteiger charge is 2.15. The third-order valence-corrected chi connectivity index (χ3v) is 2.49. The lowest BCUT2D eigenvalue weighted by atomic mass is 10.3. The van der Waals surface area contributed by atoms with Gasteiger partial charge in [0, 0.05) is 0 Å². The number of hydrogen-bond acceptors (Lipinski definition) is 5. The Bertz CT molecular complexity index is 590. The van der Waals surface area contributed by atoms with Gasteiger partial charge in [-0.15, -0.1) is 0 Å². The van der Waals surface area contributed by atoms with Gasteiger partial charge in [-0.25, -0.2) is 19.6 Å². The molecule has 0 spiro atoms. The summed E-state index contributed by atoms with van der Waals surface area (Å²) >= 11 is 5.06. The van der Waals surface area contributed by atoms with E-state index in [1.54, 1.807) is 0 Å². The van der Waals surface area contributed by atoms with E-state index in [9.17, 15) is 9.59 Å². The van der Waals surface area contributed by atoms with Crippen molar-refractivity contribution in [2.45, 2.75) is 0 Å². The maximum Gasteiger partial charge on any atom is 0.371 e. The first-order chi connectivity index (χ1) is 8.49. The second-order valence-corrected chi connectivity index (χ2v) is 3.64. The molecule has 92 valence electrons. The molecule has 0 unspecified atom stereocenters. The number of carbonyl (C=O) groups is 2. The van der Waals surface area contributed by atoms with Crippen LogP contribution in [0.1, 0.15) is 32.6 Å². The van der Waals surface area contributed by atoms with Crippen LogP contribution in [0.5, 0.6) is 0 Å². The van der Waals surface area contributed by atoms with Crippen LogP contribution < -0.4 is 0 Å². The number of thiocarbonyl (C=S) groups is 1. The molecule has 0 aliphatic heterocycles. The average molecular weight is 266 g/mol. The van der Waals surface area contributed by atoms with Crippen LogP contribution in [-0.4, -0.2) is 47.0 Å². The fourth-order valence-electron chi connectivity index (χ4n) is 1.24. The highest BCUT2D eigenvalue weighted by molar-refractivity contribution is 7.81. The van der Waals surface area contributed by atoms with Crippen LogP contribution in [0.2, 0.25) is 0 Å². The van der Waals surface area contributed by atoms with Crippen LogP contribution in [0.4, 0.5) is 0 Å². The van der Waals surface area contributed by atoms with E-state index in [0.29, 0.717) is 11.4 Å². The van der Waals surface area contributed by atoms with Crippen molar-refractivity contribution in [3.63, 3.8) is 0 Å². The van der Waals surface area contributed by atoms with Crippen molar-refractivity contribution >= 4 is 29.0 Å². The molecule has 0 bridgehead atoms. The summed E-state index contributed by atoms with van der Waals surface area (Å²) in [4.78, 5) is 33.7. The molecule has 0 saturated carbocycles. The summed E-state index contributed by atoms with van der Waals surface area (Å²) in [7, 11) is 0. The minimum atomic E-state index is -1.21. The van der Waals surface area contributed by atoms with E-state index in [1.165, 1.54) is 12.4 Å². The van der Waals surface area contributed by atoms with E-state index >= 15 is 0 Å². The number of hydrogen-bond donors (Lipinski definition) is 4. The molecular weight excluding hydrogens is 260 g/mol. The fraction of sp³-hybridized carbons (Fsp3) is 0. The highest BCUT2D eigenvalue weighted by atomic mass is 32.1. The number of carboxylic acid groups (broad SMARTS) is 2. The van der Waals surface area contributed by atoms with Gasteiger partial charge < -0.3 is 20.2 Å². The topological polar surface area (TPSA) is 132 Å². The van der Waals surface area contributed by atoms with Gasteiger partial charge >= 0.3 is 11.9 Å². The van der Waals surface area contributed by atoms with E-state index in [2.05, 4.69) is 19.9 Å². The number of rotatable bonds is 4. The van der Waals surface area contributed by atoms with Crippen molar-refractivity contribution < 1.29 is 19.8 Å². The van der Waals surface area contributed by atoms with Crippen LogP contribution in [0.3, 0.4) is 0 Å². The maximum absolute atomic E-state index is 10.6. The molecule has 0 atom stereocenters. The van der Waals surface area contributed by atoms with Gasteiger partial charge in [0.2, 0.25) is 11.6 Å². The number of imidazole rings is 2. The van der Waals surface area contributed by atoms with Gasteiger partial charge in [-0.3, -0.25) is 0 Å². The number of nitrogens with one attached hydrogen (secondary N) is 2. The molecule has 0 fully saturated rings. The Morgan fingerprint density at radius 2 is 1.39 bits per heavy atom. The van der Waals surface area contributed by atoms with Crippen molar-refractivity contribution in [2.24, 2.45) is 0 Å². The molecule has 2 aromatic heterocycles. The molecular formula is C9H6N4O4S. The van der Waals surface area contributed by atoms with E-state index < -0.39 is 11.9 Å². The maximum atomic E-state index is 10.6. The first kappa shape index (κ1) is 11.9. The molecule has 4 N–H and O–H groups in total. The molecule has 0 aliphatic carbocycles. The van der Waals surface area contributed by atoms with Gasteiger partial charge in [0.05, 0.1) is 28.6 Å². The van der Waals surface area contributed by atoms with Gasteiger partial charge in [-0.05, 0) is 0 Å². The number of aromatic carboxylic acids is 2. The number of nitrogens with zero attached hydrogens (tertiary/aromatic N) is 2. The number of aromatic amines is 2. The van der Waals surface area contributed by atoms with Gasteiger partial charge in [-0.1, -0.05) is 12.2 Å². The Morgan fingerprint density at radius 1 is 1.00 bits per heavy atom. The van der Waals surface area contributed by atoms with Gasteiger partial charge in [-0.2, -0.15) is 0 Å². The molecule has 0 aromatic carbocycles. The molecule has 0 amide bonds. The summed E-state index contributed by atoms with van der Waals surface area (Å²) in [5.41, 5.74) is 0.589. The molecule has 0 aliphatic rings. The van der Waals surface area contributed by atoms with Crippen molar-refractivity contribution in [2.75, 3.05) is 0 Å². The van der Waals surface area contributed by atoms with Crippen molar-refractivity contribution in [3.05, 3.63) is 35.4 Å². The second kappa shape index (κ2) is 4.37. The Balaban J connectivity index is 2.29. The SMILES string of the molecule is O=C(O)c1ncc(C(=S)c2cnc(C(=O)O)[nH]2)[nH]1. The summed E-state index contributed by atoms with van der Waals surface area (Å²) in [5, 5.41) is 17.4. The monoisotopic (exact) mass is 266 g/mol. The molecule has 2 rings (SSSR count). The zero-order valence-corrected chi connectivity index (χ0v) is 9.48. The minimum absolute atomic E-state index is 0.204. The molecule has 9 heteroatoms. The normalized spacial score (nSPS) is 10.2. The molecule has 8 nitrogen and oxygen atoms in total. The minimum Gasteiger partial charge on any atom is -0.475 e. The molecule has 0 radical (unpaired) electrons. The van der Waals surface area contributed by atoms with E-state index in [-0.39, 0.29) is 16.5 Å². The third-order valence-electron chi connectivity index (χ3n) is 2.05. The van der Waals surface area contributed by atoms with Crippen LogP contribution >= 0.6 is 12.2 Å². The summed E-state index contributed by atoms with van der Waals surface area (Å²) in [5.74, 6) is -2.91. The summed E-state index contributed by atoms with van der Waals surface area (Å²) in [6, 6.07) is 0. The quantitative estimate of drug-likeness (QED) is 0.462. The Kier molecular flexibility index (Phi) is 2.90. The predicted molar refractivity (Wildman–Crippen MR) is 61.9 cm³/mol. The van der Waals surface area contributed by atoms with Crippen LogP contribution in [0.15, 0.2) is 12.4 Å². The Morgan fingerprint density at radius 3 is 1.67 bits per heavy atom. The largest absolute Gasteiger partial charge is 0.475 e. The van der Waals surface area contributed by atoms with Crippen molar-refractivity contribution in [3.8, 4) is 0 Å². The lowest BCUT2D eigenvalue weighted by Crippen LogP contribution is -2.04. The van der Waals surface area contributed by atoms with Crippen molar-refractivity contribution in [1.82, 2.24) is 19.9 Å². The van der Waals surface area contributed by atoms with Crippen LogP contribution in [0.25, 0.3) is 0 Å². The summed E-state index contributed by atoms with van der Waals surface area (Å²) < 4.78 is 0. The summed E-state index contributed by atoms with van der Waals surface area (Å²) in [6.45, 7) is 0. The highest BCUT2D eigenvalue weighted by Crippen LogP contribution is 2.08. The smallest absolute Gasteiger partial charge is 0.371 e. The first-order valence-corrected chi connectivity index (χ1v) is 5.01. The molecule has 2 aromatic rings. The van der Waals surface area contributed by atoms with Gasteiger partial charge in [0.1, 0.15) is 0 Å². The van der Waals surface area contributed by atoms with Crippen LogP contribution in [-0.2, 0) is 0 Å². The zero-order valence-electron chi connectivity index (χ0n) is 8.67. The number of carboxylic acids is 2. The van der Waals surface area contributed by atoms with Gasteiger partial charge in [0.25, 0.3) is 0 Å². The molecule has 0 saturated heterocycles. The van der Waals surface area contributed by atoms with E-state index in [4.69, 9.17) is 22.4 Å². The zero-order chi connectivity index (χ0) is 13.3. The first-order valence-electron chi connectivity index (χ1n) is 4.60. The average Bonchev–Trinajstić information content (AvgIpc) is 2.97. The second-order valence-electron chi connectivity index (χ2n) is 3.23. The lowest BCUT2D eigenvalue weighted by Gasteiger charge is -1.95. The van der Waals surface area contributed by atoms with E-state index in [1.807, 2.05) is 0 Å². The standard InChI is InChI=1S/C9H6N4O4S/c14-8(15)6-10-1-3(12-6)5(18)4-2-11-7(13-4)9(16)17/h1-2H,(H,10,12)(H,11,13)(H,14,15)(H,16,17). The summed E-state index contributed by atoms with van der Waals surface area (Å²) in [6.07, 6.45) is 2.51. The van der Waals surface area contributed by atoms with Crippen LogP contribution in [0, 0.1) is 0 Å². The van der Waals surface area contributed by atoms with Gasteiger partial charge in [0.15, 0.2) is 0 Å². The van der Waals surface area contributed by atoms with Crippen molar-refractivity contribution in [1.29, 1.82) is 0 Å². The van der Waals surface area contributed by atoms with E-state index in [0.717, 1.165) is 0 Å². The number of aromatic nitrogens is 4. The predicted octanol–water partition coefficient (Wildman–Crippen LogP) is 0.295. The number of H-pyrrole nitrogens is 2.